The molecule has 0 aromatic heterocycles. The minimum Gasteiger partial charge on any atom is -0.413 e. The van der Waals surface area contributed by atoms with E-state index in [-0.39, 0.29) is 6.10 Å². The van der Waals surface area contributed by atoms with Crippen LogP contribution in [0.25, 0.3) is 0 Å². The molecule has 1 atom stereocenters. The van der Waals surface area contributed by atoms with E-state index in [4.69, 9.17) is 4.43 Å². The number of carbonyl (C=O) groups excluding carboxylic acids is 1. The molecule has 0 aromatic rings. The lowest BCUT2D eigenvalue weighted by Crippen LogP contribution is -2.49. The Kier molecular flexibility index (Phi) is 6.49. The number of hydrogen-bond donors (Lipinski definition) is 0. The predicted octanol–water partition coefficient (Wildman–Crippen LogP) is 4.16. The molecule has 0 heterocycles. The van der Waals surface area contributed by atoms with Gasteiger partial charge in [-0.15, -0.1) is 0 Å². The normalized spacial score (nSPS) is 14.9. The van der Waals surface area contributed by atoms with Crippen LogP contribution in [0.15, 0.2) is 0 Å². The van der Waals surface area contributed by atoms with Crippen LogP contribution in [0, 0.1) is 0 Å². The van der Waals surface area contributed by atoms with Gasteiger partial charge in [-0.05, 0) is 23.5 Å². The third kappa shape index (κ3) is 3.42. The highest BCUT2D eigenvalue weighted by molar-refractivity contribution is 6.77. The average Bonchev–Trinajstić information content (AvgIpc) is 2.12. The van der Waals surface area contributed by atoms with Crippen molar-refractivity contribution in [3.63, 3.8) is 0 Å². The summed E-state index contributed by atoms with van der Waals surface area (Å²) >= 11 is 0. The zero-order valence-corrected chi connectivity index (χ0v) is 12.9. The quantitative estimate of drug-likeness (QED) is 0.496. The topological polar surface area (TPSA) is 26.3 Å². The Morgan fingerprint density at radius 2 is 1.31 bits per heavy atom. The molecule has 96 valence electrons. The molecule has 0 aromatic carbocycles. The van der Waals surface area contributed by atoms with E-state index in [0.717, 1.165) is 6.29 Å². The maximum atomic E-state index is 10.5. The smallest absolute Gasteiger partial charge is 0.200 e. The van der Waals surface area contributed by atoms with E-state index in [0.29, 0.717) is 23.0 Å². The third-order valence-corrected chi connectivity index (χ3v) is 9.77. The summed E-state index contributed by atoms with van der Waals surface area (Å²) in [6.45, 7) is 15.6. The third-order valence-electron chi connectivity index (χ3n) is 3.54. The van der Waals surface area contributed by atoms with Crippen molar-refractivity contribution in [3.8, 4) is 0 Å². The summed E-state index contributed by atoms with van der Waals surface area (Å²) in [6.07, 6.45) is 1.54. The highest BCUT2D eigenvalue weighted by Crippen LogP contribution is 2.43. The van der Waals surface area contributed by atoms with Gasteiger partial charge < -0.3 is 9.22 Å². The van der Waals surface area contributed by atoms with Crippen LogP contribution in [0.1, 0.15) is 54.9 Å². The van der Waals surface area contributed by atoms with Crippen molar-refractivity contribution in [1.82, 2.24) is 0 Å². The summed E-state index contributed by atoms with van der Waals surface area (Å²) in [5.74, 6) is 0. The van der Waals surface area contributed by atoms with Crippen molar-refractivity contribution in [2.24, 2.45) is 0 Å². The van der Waals surface area contributed by atoms with Crippen molar-refractivity contribution < 1.29 is 9.22 Å². The maximum absolute atomic E-state index is 10.5. The lowest BCUT2D eigenvalue weighted by atomic mass is 10.3. The molecule has 0 unspecified atom stereocenters. The molecule has 3 heteroatoms. The first-order valence-electron chi connectivity index (χ1n) is 6.40. The van der Waals surface area contributed by atoms with Gasteiger partial charge in [0, 0.05) is 12.5 Å². The highest BCUT2D eigenvalue weighted by atomic mass is 28.4. The minimum atomic E-state index is -1.79. The molecule has 0 bridgehead atoms. The van der Waals surface area contributed by atoms with E-state index in [2.05, 4.69) is 41.5 Å². The molecular formula is C13H28O2Si. The zero-order chi connectivity index (χ0) is 12.9. The van der Waals surface area contributed by atoms with Crippen LogP contribution in [0.2, 0.25) is 16.6 Å². The van der Waals surface area contributed by atoms with Gasteiger partial charge in [0.05, 0.1) is 0 Å². The molecule has 0 amide bonds. The molecule has 0 aliphatic carbocycles. The lowest BCUT2D eigenvalue weighted by Gasteiger charge is -2.43. The van der Waals surface area contributed by atoms with Gasteiger partial charge in [0.25, 0.3) is 0 Å². The zero-order valence-electron chi connectivity index (χ0n) is 11.9. The van der Waals surface area contributed by atoms with Crippen LogP contribution in [0.4, 0.5) is 0 Å². The SMILES string of the molecule is CC(C)[Si](O[C@H](C)CC=O)(C(C)C)C(C)C. The maximum Gasteiger partial charge on any atom is 0.200 e. The molecule has 0 N–H and O–H groups in total. The molecular weight excluding hydrogens is 216 g/mol. The monoisotopic (exact) mass is 244 g/mol. The summed E-state index contributed by atoms with van der Waals surface area (Å²) < 4.78 is 6.37. The van der Waals surface area contributed by atoms with E-state index in [9.17, 15) is 4.79 Å². The fraction of sp³-hybridized carbons (Fsp3) is 0.923. The van der Waals surface area contributed by atoms with Crippen molar-refractivity contribution in [2.45, 2.75) is 77.6 Å². The van der Waals surface area contributed by atoms with Gasteiger partial charge in [-0.3, -0.25) is 0 Å². The summed E-state index contributed by atoms with van der Waals surface area (Å²) in [6, 6.07) is 0. The molecule has 0 rings (SSSR count). The van der Waals surface area contributed by atoms with E-state index in [1.54, 1.807) is 0 Å². The minimum absolute atomic E-state index is 0.0661. The molecule has 2 nitrogen and oxygen atoms in total. The highest BCUT2D eigenvalue weighted by Gasteiger charge is 2.45. The van der Waals surface area contributed by atoms with Crippen LogP contribution in [0.5, 0.6) is 0 Å². The summed E-state index contributed by atoms with van der Waals surface area (Å²) in [4.78, 5) is 10.5. The van der Waals surface area contributed by atoms with Crippen molar-refractivity contribution in [1.29, 1.82) is 0 Å². The number of carbonyl (C=O) groups is 1. The van der Waals surface area contributed by atoms with Gasteiger partial charge >= 0.3 is 0 Å². The van der Waals surface area contributed by atoms with E-state index in [1.165, 1.54) is 0 Å². The van der Waals surface area contributed by atoms with Crippen LogP contribution in [0.3, 0.4) is 0 Å². The van der Waals surface area contributed by atoms with E-state index >= 15 is 0 Å². The fourth-order valence-corrected chi connectivity index (χ4v) is 8.55. The van der Waals surface area contributed by atoms with Crippen LogP contribution in [-0.4, -0.2) is 20.7 Å². The van der Waals surface area contributed by atoms with Gasteiger partial charge in [-0.2, -0.15) is 0 Å². The number of rotatable bonds is 7. The van der Waals surface area contributed by atoms with Gasteiger partial charge in [0.2, 0.25) is 8.32 Å². The fourth-order valence-electron chi connectivity index (χ4n) is 2.94. The Labute approximate surface area is 102 Å². The largest absolute Gasteiger partial charge is 0.413 e. The van der Waals surface area contributed by atoms with Gasteiger partial charge in [-0.25, -0.2) is 0 Å². The van der Waals surface area contributed by atoms with Gasteiger partial charge in [0.1, 0.15) is 6.29 Å². The van der Waals surface area contributed by atoms with Crippen molar-refractivity contribution >= 4 is 14.6 Å². The summed E-state index contributed by atoms with van der Waals surface area (Å²) in [5.41, 5.74) is 1.75. The van der Waals surface area contributed by atoms with Gasteiger partial charge in [0.15, 0.2) is 0 Å². The summed E-state index contributed by atoms with van der Waals surface area (Å²) in [7, 11) is -1.79. The second-order valence-corrected chi connectivity index (χ2v) is 11.1. The number of hydrogen-bond acceptors (Lipinski definition) is 2. The average molecular weight is 244 g/mol. The first kappa shape index (κ1) is 15.8. The molecule has 0 aliphatic heterocycles. The molecule has 0 aliphatic rings. The van der Waals surface area contributed by atoms with Crippen LogP contribution >= 0.6 is 0 Å². The molecule has 0 saturated heterocycles. The second kappa shape index (κ2) is 6.55. The van der Waals surface area contributed by atoms with E-state index < -0.39 is 8.32 Å². The Hall–Kier alpha value is -0.153. The Morgan fingerprint density at radius 3 is 1.56 bits per heavy atom. The van der Waals surface area contributed by atoms with Gasteiger partial charge in [-0.1, -0.05) is 41.5 Å². The molecule has 0 fully saturated rings. The molecule has 0 saturated carbocycles. The van der Waals surface area contributed by atoms with Crippen LogP contribution in [-0.2, 0) is 9.22 Å². The van der Waals surface area contributed by atoms with Crippen molar-refractivity contribution in [2.75, 3.05) is 0 Å². The molecule has 0 spiro atoms. The molecule has 0 radical (unpaired) electrons. The first-order valence-corrected chi connectivity index (χ1v) is 8.54. The first-order chi connectivity index (χ1) is 7.28. The lowest BCUT2D eigenvalue weighted by molar-refractivity contribution is -0.109. The van der Waals surface area contributed by atoms with Crippen molar-refractivity contribution in [3.05, 3.63) is 0 Å². The van der Waals surface area contributed by atoms with E-state index in [1.807, 2.05) is 6.92 Å². The standard InChI is InChI=1S/C13H28O2Si/c1-10(2)16(11(3)4,12(5)6)15-13(7)8-9-14/h9-13H,8H2,1-7H3/t13-/m1/s1. The number of aldehydes is 1. The predicted molar refractivity (Wildman–Crippen MR) is 72.3 cm³/mol. The van der Waals surface area contributed by atoms with Crippen LogP contribution < -0.4 is 0 Å². The second-order valence-electron chi connectivity index (χ2n) is 5.65. The Balaban J connectivity index is 4.97. The Morgan fingerprint density at radius 1 is 0.938 bits per heavy atom. The Bertz CT molecular complexity index is 190. The summed E-state index contributed by atoms with van der Waals surface area (Å²) in [5, 5.41) is 0. The molecule has 16 heavy (non-hydrogen) atoms.